The second-order valence-corrected chi connectivity index (χ2v) is 9.54. The van der Waals surface area contributed by atoms with Crippen molar-refractivity contribution < 1.29 is 19.1 Å². The van der Waals surface area contributed by atoms with Crippen LogP contribution in [-0.2, 0) is 14.3 Å². The van der Waals surface area contributed by atoms with Crippen LogP contribution in [0.15, 0.2) is 87.8 Å². The predicted octanol–water partition coefficient (Wildman–Crippen LogP) is 3.88. The second kappa shape index (κ2) is 9.99. The first kappa shape index (κ1) is 24.4. The average Bonchev–Trinajstić information content (AvgIpc) is 3.18. The molecule has 5 rings (SSSR count). The third-order valence-corrected chi connectivity index (χ3v) is 7.07. The fourth-order valence-electron chi connectivity index (χ4n) is 4.51. The van der Waals surface area contributed by atoms with Crippen LogP contribution >= 0.6 is 11.3 Å². The van der Waals surface area contributed by atoms with E-state index in [4.69, 9.17) is 9.47 Å². The maximum Gasteiger partial charge on any atom is 0.338 e. The molecule has 3 aromatic carbocycles. The Kier molecular flexibility index (Phi) is 6.58. The normalized spacial score (nSPS) is 15.3. The first-order valence-electron chi connectivity index (χ1n) is 11.8. The van der Waals surface area contributed by atoms with E-state index in [2.05, 4.69) is 4.99 Å². The van der Waals surface area contributed by atoms with Crippen molar-refractivity contribution in [2.24, 2.45) is 4.99 Å². The molecule has 8 heteroatoms. The molecular weight excluding hydrogens is 488 g/mol. The van der Waals surface area contributed by atoms with Crippen LogP contribution in [0.3, 0.4) is 0 Å². The van der Waals surface area contributed by atoms with Gasteiger partial charge in [-0.1, -0.05) is 65.9 Å². The molecule has 0 N–H and O–H groups in total. The van der Waals surface area contributed by atoms with Gasteiger partial charge in [-0.05, 0) is 54.0 Å². The number of hydrogen-bond acceptors (Lipinski definition) is 7. The molecule has 0 aliphatic carbocycles. The summed E-state index contributed by atoms with van der Waals surface area (Å²) >= 11 is 1.28. The van der Waals surface area contributed by atoms with Gasteiger partial charge in [0.1, 0.15) is 5.75 Å². The molecule has 0 fully saturated rings. The number of hydrogen-bond donors (Lipinski definition) is 0. The van der Waals surface area contributed by atoms with E-state index in [1.165, 1.54) is 18.3 Å². The topological polar surface area (TPSA) is 87.0 Å². The third-order valence-electron chi connectivity index (χ3n) is 6.08. The van der Waals surface area contributed by atoms with Crippen LogP contribution in [0.2, 0.25) is 0 Å². The second-order valence-electron chi connectivity index (χ2n) is 8.53. The summed E-state index contributed by atoms with van der Waals surface area (Å²) in [7, 11) is 0. The Hall–Kier alpha value is -4.30. The molecule has 0 saturated heterocycles. The molecule has 0 bridgehead atoms. The molecular formula is C29H24N2O5S. The maximum absolute atomic E-state index is 13.8. The largest absolute Gasteiger partial charge is 0.463 e. The molecule has 0 amide bonds. The van der Waals surface area contributed by atoms with Crippen LogP contribution in [0.4, 0.5) is 0 Å². The highest BCUT2D eigenvalue weighted by Gasteiger charge is 2.33. The van der Waals surface area contributed by atoms with Crippen LogP contribution < -0.4 is 19.6 Å². The monoisotopic (exact) mass is 512 g/mol. The summed E-state index contributed by atoms with van der Waals surface area (Å²) < 4.78 is 12.5. The van der Waals surface area contributed by atoms with Gasteiger partial charge in [0.25, 0.3) is 5.56 Å². The van der Waals surface area contributed by atoms with Gasteiger partial charge < -0.3 is 9.47 Å². The van der Waals surface area contributed by atoms with Gasteiger partial charge in [-0.2, -0.15) is 0 Å². The zero-order chi connectivity index (χ0) is 26.1. The molecule has 0 radical (unpaired) electrons. The van der Waals surface area contributed by atoms with Gasteiger partial charge in [-0.3, -0.25) is 14.2 Å². The zero-order valence-corrected chi connectivity index (χ0v) is 21.4. The van der Waals surface area contributed by atoms with E-state index in [-0.39, 0.29) is 12.2 Å². The van der Waals surface area contributed by atoms with Crippen molar-refractivity contribution >= 4 is 40.1 Å². The lowest BCUT2D eigenvalue weighted by Gasteiger charge is -2.24. The molecule has 0 unspecified atom stereocenters. The van der Waals surface area contributed by atoms with Gasteiger partial charge in [-0.25, -0.2) is 9.79 Å². The lowest BCUT2D eigenvalue weighted by atomic mass is 9.96. The minimum absolute atomic E-state index is 0.194. The lowest BCUT2D eigenvalue weighted by molar-refractivity contribution is -0.139. The molecule has 186 valence electrons. The standard InChI is InChI=1S/C29H24N2O5S/c1-4-35-28(34)25-17(2)30-29-31(26(25)20-12-14-22(15-13-20)36-18(3)32)27(33)24(37-29)16-21-10-7-9-19-8-5-6-11-23(19)21/h5-16,26H,4H2,1-3H3/t26-/m1/s1. The number of rotatable bonds is 5. The quantitative estimate of drug-likeness (QED) is 0.299. The summed E-state index contributed by atoms with van der Waals surface area (Å²) in [5.41, 5.74) is 2.13. The van der Waals surface area contributed by atoms with Crippen LogP contribution in [0.1, 0.15) is 37.9 Å². The first-order valence-corrected chi connectivity index (χ1v) is 12.6. The van der Waals surface area contributed by atoms with Crippen molar-refractivity contribution in [3.8, 4) is 5.75 Å². The Balaban J connectivity index is 1.70. The number of carbonyl (C=O) groups excluding carboxylic acids is 2. The van der Waals surface area contributed by atoms with Crippen molar-refractivity contribution in [3.63, 3.8) is 0 Å². The molecule has 7 nitrogen and oxygen atoms in total. The fraction of sp³-hybridized carbons (Fsp3) is 0.172. The Bertz CT molecular complexity index is 1740. The van der Waals surface area contributed by atoms with Crippen molar-refractivity contribution in [2.45, 2.75) is 26.8 Å². The highest BCUT2D eigenvalue weighted by Crippen LogP contribution is 2.31. The van der Waals surface area contributed by atoms with Gasteiger partial charge in [0.05, 0.1) is 28.5 Å². The molecule has 0 spiro atoms. The molecule has 0 saturated carbocycles. The average molecular weight is 513 g/mol. The van der Waals surface area contributed by atoms with E-state index in [0.29, 0.717) is 31.9 Å². The summed E-state index contributed by atoms with van der Waals surface area (Å²) in [6.07, 6.45) is 1.87. The van der Waals surface area contributed by atoms with Gasteiger partial charge in [0.15, 0.2) is 4.80 Å². The summed E-state index contributed by atoms with van der Waals surface area (Å²) in [5, 5.41) is 2.12. The lowest BCUT2D eigenvalue weighted by Crippen LogP contribution is -2.39. The van der Waals surface area contributed by atoms with Gasteiger partial charge in [-0.15, -0.1) is 0 Å². The number of esters is 2. The van der Waals surface area contributed by atoms with Gasteiger partial charge >= 0.3 is 11.9 Å². The van der Waals surface area contributed by atoms with Gasteiger partial charge in [0, 0.05) is 6.92 Å². The van der Waals surface area contributed by atoms with Crippen LogP contribution in [0.25, 0.3) is 16.8 Å². The number of carbonyl (C=O) groups is 2. The van der Waals surface area contributed by atoms with E-state index < -0.39 is 18.0 Å². The molecule has 2 heterocycles. The summed E-state index contributed by atoms with van der Waals surface area (Å²) in [5.74, 6) is -0.587. The third kappa shape index (κ3) is 4.63. The molecule has 1 atom stereocenters. The van der Waals surface area contributed by atoms with Gasteiger partial charge in [0.2, 0.25) is 0 Å². The highest BCUT2D eigenvalue weighted by atomic mass is 32.1. The molecule has 1 aliphatic heterocycles. The van der Waals surface area contributed by atoms with E-state index in [0.717, 1.165) is 16.3 Å². The van der Waals surface area contributed by atoms with Crippen LogP contribution in [0.5, 0.6) is 5.75 Å². The van der Waals surface area contributed by atoms with E-state index >= 15 is 0 Å². The minimum atomic E-state index is -0.739. The number of aromatic nitrogens is 1. The number of allylic oxidation sites excluding steroid dienone is 1. The number of thiazole rings is 1. The maximum atomic E-state index is 13.8. The van der Waals surface area contributed by atoms with Crippen LogP contribution in [0, 0.1) is 0 Å². The number of nitrogens with zero attached hydrogens (tertiary/aromatic N) is 2. The van der Waals surface area contributed by atoms with E-state index in [1.54, 1.807) is 42.7 Å². The fourth-order valence-corrected chi connectivity index (χ4v) is 5.55. The summed E-state index contributed by atoms with van der Waals surface area (Å²) in [6.45, 7) is 5.00. The van der Waals surface area contributed by atoms with Crippen LogP contribution in [-0.4, -0.2) is 23.1 Å². The summed E-state index contributed by atoms with van der Waals surface area (Å²) in [6, 6.07) is 20.0. The summed E-state index contributed by atoms with van der Waals surface area (Å²) in [4.78, 5) is 43.3. The number of fused-ring (bicyclic) bond motifs is 2. The minimum Gasteiger partial charge on any atom is -0.463 e. The predicted molar refractivity (Wildman–Crippen MR) is 142 cm³/mol. The molecule has 1 aromatic heterocycles. The van der Waals surface area contributed by atoms with Crippen molar-refractivity contribution in [1.29, 1.82) is 0 Å². The van der Waals surface area contributed by atoms with E-state index in [9.17, 15) is 14.4 Å². The number of benzene rings is 3. The Morgan fingerprint density at radius 1 is 1.05 bits per heavy atom. The number of ether oxygens (including phenoxy) is 2. The van der Waals surface area contributed by atoms with Crippen molar-refractivity contribution in [3.05, 3.63) is 109 Å². The Morgan fingerprint density at radius 3 is 2.51 bits per heavy atom. The van der Waals surface area contributed by atoms with Crippen molar-refractivity contribution in [2.75, 3.05) is 6.61 Å². The van der Waals surface area contributed by atoms with Crippen molar-refractivity contribution in [1.82, 2.24) is 4.57 Å². The molecule has 1 aliphatic rings. The zero-order valence-electron chi connectivity index (χ0n) is 20.6. The first-order chi connectivity index (χ1) is 17.9. The molecule has 4 aromatic rings. The molecule has 37 heavy (non-hydrogen) atoms. The SMILES string of the molecule is CCOC(=O)C1=C(C)N=c2sc(=Cc3cccc4ccccc34)c(=O)n2[C@@H]1c1ccc(OC(C)=O)cc1. The smallest absolute Gasteiger partial charge is 0.338 e. The Labute approximate surface area is 216 Å². The Morgan fingerprint density at radius 2 is 1.78 bits per heavy atom. The highest BCUT2D eigenvalue weighted by molar-refractivity contribution is 7.07. The van der Waals surface area contributed by atoms with E-state index in [1.807, 2.05) is 48.5 Å².